The molecule has 1 aliphatic heterocycles. The van der Waals surface area contributed by atoms with Crippen molar-refractivity contribution in [3.05, 3.63) is 24.0 Å². The zero-order valence-corrected chi connectivity index (χ0v) is 13.6. The molecule has 0 aliphatic carbocycles. The van der Waals surface area contributed by atoms with Gasteiger partial charge in [0.1, 0.15) is 0 Å². The number of nitrogens with one attached hydrogen (secondary N) is 2. The molecule has 1 fully saturated rings. The smallest absolute Gasteiger partial charge is 0.191 e. The van der Waals surface area contributed by atoms with Gasteiger partial charge in [0.25, 0.3) is 0 Å². The van der Waals surface area contributed by atoms with Crippen molar-refractivity contribution in [3.63, 3.8) is 0 Å². The van der Waals surface area contributed by atoms with Crippen molar-refractivity contribution < 1.29 is 0 Å². The number of piperidine rings is 1. The average Bonchev–Trinajstić information content (AvgIpc) is 2.88. The van der Waals surface area contributed by atoms with Crippen LogP contribution in [0.3, 0.4) is 0 Å². The van der Waals surface area contributed by atoms with E-state index in [0.717, 1.165) is 31.5 Å². The fraction of sp³-hybridized carbons (Fsp3) is 0.688. The number of rotatable bonds is 5. The van der Waals surface area contributed by atoms with Gasteiger partial charge >= 0.3 is 0 Å². The van der Waals surface area contributed by atoms with Crippen LogP contribution in [0.15, 0.2) is 23.5 Å². The maximum Gasteiger partial charge on any atom is 0.191 e. The summed E-state index contributed by atoms with van der Waals surface area (Å²) in [6.45, 7) is 7.15. The molecule has 0 saturated carbocycles. The molecule has 1 atom stereocenters. The van der Waals surface area contributed by atoms with E-state index in [1.807, 2.05) is 7.05 Å². The Morgan fingerprint density at radius 3 is 2.90 bits per heavy atom. The summed E-state index contributed by atoms with van der Waals surface area (Å²) in [6, 6.07) is 2.11. The first-order chi connectivity index (χ1) is 10.2. The number of hydrogen-bond donors (Lipinski definition) is 2. The topological polar surface area (TPSA) is 44.6 Å². The van der Waals surface area contributed by atoms with Crippen LogP contribution in [0, 0.1) is 5.92 Å². The van der Waals surface area contributed by atoms with Gasteiger partial charge in [0, 0.05) is 39.1 Å². The fourth-order valence-electron chi connectivity index (χ4n) is 2.85. The highest BCUT2D eigenvalue weighted by atomic mass is 15.2. The summed E-state index contributed by atoms with van der Waals surface area (Å²) in [5.41, 5.74) is 1.24. The summed E-state index contributed by atoms with van der Waals surface area (Å²) in [5.74, 6) is 1.65. The van der Waals surface area contributed by atoms with Crippen molar-refractivity contribution in [1.82, 2.24) is 20.1 Å². The first-order valence-electron chi connectivity index (χ1n) is 7.99. The van der Waals surface area contributed by atoms with Gasteiger partial charge in [-0.05, 0) is 50.9 Å². The summed E-state index contributed by atoms with van der Waals surface area (Å²) < 4.78 is 2.06. The average molecular weight is 291 g/mol. The van der Waals surface area contributed by atoms with Crippen LogP contribution in [0.5, 0.6) is 0 Å². The molecule has 2 rings (SSSR count). The number of aliphatic imine (C=N–C) groups is 1. The number of hydrogen-bond acceptors (Lipinski definition) is 2. The highest BCUT2D eigenvalue weighted by Crippen LogP contribution is 2.13. The molecule has 0 amide bonds. The Kier molecular flexibility index (Phi) is 6.11. The Hall–Kier alpha value is -1.49. The lowest BCUT2D eigenvalue weighted by molar-refractivity contribution is 0.210. The van der Waals surface area contributed by atoms with Gasteiger partial charge in [-0.1, -0.05) is 0 Å². The molecule has 1 saturated heterocycles. The van der Waals surface area contributed by atoms with Crippen molar-refractivity contribution in [3.8, 4) is 0 Å². The minimum atomic E-state index is 0.723. The summed E-state index contributed by atoms with van der Waals surface area (Å²) >= 11 is 0. The lowest BCUT2D eigenvalue weighted by Gasteiger charge is -2.30. The zero-order chi connectivity index (χ0) is 15.1. The van der Waals surface area contributed by atoms with Gasteiger partial charge in [0.15, 0.2) is 5.96 Å². The molecule has 5 heteroatoms. The molecule has 1 unspecified atom stereocenters. The second-order valence-corrected chi connectivity index (χ2v) is 6.03. The molecule has 2 heterocycles. The second-order valence-electron chi connectivity index (χ2n) is 6.03. The SMILES string of the molecule is CCNC(=NCc1ccn(C)c1)NCC1CCCN(C)C1. The first-order valence-corrected chi connectivity index (χ1v) is 7.99. The summed E-state index contributed by atoms with van der Waals surface area (Å²) in [6.07, 6.45) is 6.79. The monoisotopic (exact) mass is 291 g/mol. The largest absolute Gasteiger partial charge is 0.357 e. The van der Waals surface area contributed by atoms with Gasteiger partial charge in [0.05, 0.1) is 6.54 Å². The second kappa shape index (κ2) is 8.08. The molecule has 0 radical (unpaired) electrons. The molecular formula is C16H29N5. The van der Waals surface area contributed by atoms with Gasteiger partial charge < -0.3 is 20.1 Å². The van der Waals surface area contributed by atoms with Crippen LogP contribution in [0.25, 0.3) is 0 Å². The number of aryl methyl sites for hydroxylation is 1. The van der Waals surface area contributed by atoms with Crippen molar-refractivity contribution >= 4 is 5.96 Å². The molecule has 0 spiro atoms. The fourth-order valence-corrected chi connectivity index (χ4v) is 2.85. The number of aromatic nitrogens is 1. The standard InChI is InChI=1S/C16H29N5/c1-4-17-16(19-11-15-7-9-21(3)13-15)18-10-14-6-5-8-20(2)12-14/h7,9,13-14H,4-6,8,10-12H2,1-3H3,(H2,17,18,19). The van der Waals surface area contributed by atoms with Crippen molar-refractivity contribution in [2.75, 3.05) is 33.2 Å². The molecule has 118 valence electrons. The van der Waals surface area contributed by atoms with E-state index in [1.54, 1.807) is 0 Å². The quantitative estimate of drug-likeness (QED) is 0.637. The highest BCUT2D eigenvalue weighted by molar-refractivity contribution is 5.79. The predicted molar refractivity (Wildman–Crippen MR) is 88.5 cm³/mol. The third kappa shape index (κ3) is 5.42. The van der Waals surface area contributed by atoms with Crippen LogP contribution >= 0.6 is 0 Å². The predicted octanol–water partition coefficient (Wildman–Crippen LogP) is 1.42. The maximum atomic E-state index is 4.67. The number of guanidine groups is 1. The Morgan fingerprint density at radius 2 is 2.24 bits per heavy atom. The van der Waals surface area contributed by atoms with E-state index in [-0.39, 0.29) is 0 Å². The third-order valence-corrected chi connectivity index (χ3v) is 3.94. The molecule has 21 heavy (non-hydrogen) atoms. The van der Waals surface area contributed by atoms with Crippen LogP contribution in [-0.4, -0.2) is 48.7 Å². The zero-order valence-electron chi connectivity index (χ0n) is 13.6. The van der Waals surface area contributed by atoms with E-state index in [2.05, 4.69) is 57.5 Å². The Labute approximate surface area is 128 Å². The lowest BCUT2D eigenvalue weighted by atomic mass is 9.99. The van der Waals surface area contributed by atoms with Crippen LogP contribution in [0.1, 0.15) is 25.3 Å². The number of nitrogens with zero attached hydrogens (tertiary/aromatic N) is 3. The number of likely N-dealkylation sites (tertiary alicyclic amines) is 1. The van der Waals surface area contributed by atoms with E-state index in [1.165, 1.54) is 31.5 Å². The Morgan fingerprint density at radius 1 is 1.38 bits per heavy atom. The first kappa shape index (κ1) is 15.9. The molecule has 1 aromatic rings. The van der Waals surface area contributed by atoms with E-state index in [4.69, 9.17) is 0 Å². The maximum absolute atomic E-state index is 4.67. The van der Waals surface area contributed by atoms with E-state index >= 15 is 0 Å². The van der Waals surface area contributed by atoms with Crippen molar-refractivity contribution in [1.29, 1.82) is 0 Å². The van der Waals surface area contributed by atoms with Crippen LogP contribution in [0.4, 0.5) is 0 Å². The normalized spacial score (nSPS) is 20.5. The third-order valence-electron chi connectivity index (χ3n) is 3.94. The lowest BCUT2D eigenvalue weighted by Crippen LogP contribution is -2.43. The van der Waals surface area contributed by atoms with Gasteiger partial charge in [-0.3, -0.25) is 0 Å². The summed E-state index contributed by atoms with van der Waals surface area (Å²) in [5, 5.41) is 6.82. The Balaban J connectivity index is 1.83. The molecule has 5 nitrogen and oxygen atoms in total. The van der Waals surface area contributed by atoms with Gasteiger partial charge in [-0.25, -0.2) is 4.99 Å². The summed E-state index contributed by atoms with van der Waals surface area (Å²) in [7, 11) is 4.25. The van der Waals surface area contributed by atoms with E-state index in [9.17, 15) is 0 Å². The molecule has 0 aromatic carbocycles. The van der Waals surface area contributed by atoms with Gasteiger partial charge in [-0.2, -0.15) is 0 Å². The molecule has 2 N–H and O–H groups in total. The van der Waals surface area contributed by atoms with Crippen molar-refractivity contribution in [2.45, 2.75) is 26.3 Å². The van der Waals surface area contributed by atoms with Crippen molar-refractivity contribution in [2.24, 2.45) is 18.0 Å². The van der Waals surface area contributed by atoms with Gasteiger partial charge in [-0.15, -0.1) is 0 Å². The van der Waals surface area contributed by atoms with E-state index in [0.29, 0.717) is 0 Å². The van der Waals surface area contributed by atoms with Gasteiger partial charge in [0.2, 0.25) is 0 Å². The minimum Gasteiger partial charge on any atom is -0.357 e. The molecule has 0 bridgehead atoms. The van der Waals surface area contributed by atoms with Crippen LogP contribution in [-0.2, 0) is 13.6 Å². The summed E-state index contributed by atoms with van der Waals surface area (Å²) in [4.78, 5) is 7.09. The van der Waals surface area contributed by atoms with Crippen LogP contribution in [0.2, 0.25) is 0 Å². The molecule has 1 aliphatic rings. The molecular weight excluding hydrogens is 262 g/mol. The van der Waals surface area contributed by atoms with Crippen LogP contribution < -0.4 is 10.6 Å². The molecule has 1 aromatic heterocycles. The minimum absolute atomic E-state index is 0.723. The highest BCUT2D eigenvalue weighted by Gasteiger charge is 2.17. The van der Waals surface area contributed by atoms with E-state index < -0.39 is 0 Å². The Bertz CT molecular complexity index is 451.